The van der Waals surface area contributed by atoms with Crippen LogP contribution in [-0.4, -0.2) is 10.1 Å². The van der Waals surface area contributed by atoms with Crippen molar-refractivity contribution in [3.63, 3.8) is 0 Å². The lowest BCUT2D eigenvalue weighted by Crippen LogP contribution is -1.83. The van der Waals surface area contributed by atoms with Gasteiger partial charge in [-0.15, -0.1) is 11.3 Å². The van der Waals surface area contributed by atoms with E-state index in [0.29, 0.717) is 5.52 Å². The van der Waals surface area contributed by atoms with Gasteiger partial charge in [0.25, 0.3) is 0 Å². The number of phenolic OH excluding ortho intramolecular Hbond substituents is 1. The van der Waals surface area contributed by atoms with E-state index in [9.17, 15) is 5.11 Å². The van der Waals surface area contributed by atoms with Crippen LogP contribution in [0.4, 0.5) is 0 Å². The van der Waals surface area contributed by atoms with Crippen molar-refractivity contribution in [3.8, 4) is 5.75 Å². The van der Waals surface area contributed by atoms with Crippen molar-refractivity contribution in [1.29, 1.82) is 0 Å². The van der Waals surface area contributed by atoms with Gasteiger partial charge in [-0.25, -0.2) is 4.98 Å². The second-order valence-corrected chi connectivity index (χ2v) is 6.55. The van der Waals surface area contributed by atoms with E-state index in [0.717, 1.165) is 19.7 Å². The molecule has 0 saturated carbocycles. The Kier molecular flexibility index (Phi) is 3.36. The number of halogens is 1. The summed E-state index contributed by atoms with van der Waals surface area (Å²) in [5.74, 6) is 0.214. The van der Waals surface area contributed by atoms with Crippen LogP contribution in [0.25, 0.3) is 23.1 Å². The molecule has 0 spiro atoms. The lowest BCUT2D eigenvalue weighted by Gasteiger charge is -2.00. The van der Waals surface area contributed by atoms with Crippen LogP contribution in [0, 0.1) is 0 Å². The Balaban J connectivity index is 1.97. The van der Waals surface area contributed by atoms with E-state index in [1.807, 2.05) is 48.6 Å². The van der Waals surface area contributed by atoms with E-state index in [-0.39, 0.29) is 5.75 Å². The fourth-order valence-corrected chi connectivity index (χ4v) is 3.15. The van der Waals surface area contributed by atoms with Crippen molar-refractivity contribution < 1.29 is 5.11 Å². The largest absolute Gasteiger partial charge is 0.506 e. The third kappa shape index (κ3) is 2.69. The Bertz CT molecular complexity index is 764. The van der Waals surface area contributed by atoms with Gasteiger partial charge in [0, 0.05) is 10.3 Å². The van der Waals surface area contributed by atoms with Crippen LogP contribution in [0.15, 0.2) is 46.3 Å². The summed E-state index contributed by atoms with van der Waals surface area (Å²) in [5, 5.41) is 10.7. The Morgan fingerprint density at radius 1 is 1.05 bits per heavy atom. The SMILES string of the molecule is Oc1cccc2ccc(/C=C/c3ccc(Br)s3)nc12. The molecule has 0 atom stereocenters. The van der Waals surface area contributed by atoms with Gasteiger partial charge in [-0.2, -0.15) is 0 Å². The van der Waals surface area contributed by atoms with Gasteiger partial charge < -0.3 is 5.11 Å². The molecule has 0 bridgehead atoms. The average molecular weight is 332 g/mol. The highest BCUT2D eigenvalue weighted by atomic mass is 79.9. The van der Waals surface area contributed by atoms with E-state index >= 15 is 0 Å². The molecular formula is C15H10BrNOS. The molecule has 1 aromatic carbocycles. The van der Waals surface area contributed by atoms with Gasteiger partial charge in [-0.3, -0.25) is 0 Å². The summed E-state index contributed by atoms with van der Waals surface area (Å²) >= 11 is 5.10. The molecule has 0 aliphatic heterocycles. The maximum Gasteiger partial charge on any atom is 0.141 e. The number of aromatic hydroxyl groups is 1. The van der Waals surface area contributed by atoms with Crippen molar-refractivity contribution in [2.45, 2.75) is 0 Å². The summed E-state index contributed by atoms with van der Waals surface area (Å²) in [4.78, 5) is 5.61. The average Bonchev–Trinajstić information content (AvgIpc) is 2.83. The number of pyridine rings is 1. The summed E-state index contributed by atoms with van der Waals surface area (Å²) in [6.07, 6.45) is 3.97. The standard InChI is InChI=1S/C15H10BrNOS/c16-14-9-8-12(19-14)7-6-11-5-4-10-2-1-3-13(18)15(10)17-11/h1-9,18H/b7-6+. The van der Waals surface area contributed by atoms with Crippen molar-refractivity contribution in [1.82, 2.24) is 4.98 Å². The van der Waals surface area contributed by atoms with Crippen molar-refractivity contribution >= 4 is 50.3 Å². The summed E-state index contributed by atoms with van der Waals surface area (Å²) in [6, 6.07) is 13.4. The van der Waals surface area contributed by atoms with E-state index < -0.39 is 0 Å². The van der Waals surface area contributed by atoms with Crippen LogP contribution in [-0.2, 0) is 0 Å². The quantitative estimate of drug-likeness (QED) is 0.721. The third-order valence-corrected chi connectivity index (χ3v) is 4.32. The zero-order valence-electron chi connectivity index (χ0n) is 9.88. The van der Waals surface area contributed by atoms with Crippen LogP contribution in [0.2, 0.25) is 0 Å². The lowest BCUT2D eigenvalue weighted by atomic mass is 10.2. The number of hydrogen-bond acceptors (Lipinski definition) is 3. The predicted octanol–water partition coefficient (Wildman–Crippen LogP) is 4.93. The molecule has 0 aliphatic carbocycles. The molecule has 3 aromatic rings. The molecule has 0 saturated heterocycles. The fraction of sp³-hybridized carbons (Fsp3) is 0. The van der Waals surface area contributed by atoms with E-state index in [1.54, 1.807) is 17.4 Å². The van der Waals surface area contributed by atoms with Gasteiger partial charge in [0.1, 0.15) is 11.3 Å². The third-order valence-electron chi connectivity index (χ3n) is 2.73. The van der Waals surface area contributed by atoms with Crippen LogP contribution in [0.1, 0.15) is 10.6 Å². The maximum atomic E-state index is 9.79. The zero-order valence-corrected chi connectivity index (χ0v) is 12.3. The molecule has 4 heteroatoms. The molecule has 19 heavy (non-hydrogen) atoms. The maximum absolute atomic E-state index is 9.79. The molecule has 2 heterocycles. The number of fused-ring (bicyclic) bond motifs is 1. The molecule has 2 nitrogen and oxygen atoms in total. The first-order valence-corrected chi connectivity index (χ1v) is 7.35. The Hall–Kier alpha value is -1.65. The van der Waals surface area contributed by atoms with Crippen molar-refractivity contribution in [3.05, 3.63) is 56.8 Å². The van der Waals surface area contributed by atoms with Crippen molar-refractivity contribution in [2.24, 2.45) is 0 Å². The molecule has 0 fully saturated rings. The number of rotatable bonds is 2. The number of aromatic nitrogens is 1. The molecular weight excluding hydrogens is 322 g/mol. The predicted molar refractivity (Wildman–Crippen MR) is 84.4 cm³/mol. The van der Waals surface area contributed by atoms with Gasteiger partial charge >= 0.3 is 0 Å². The van der Waals surface area contributed by atoms with Gasteiger partial charge in [-0.05, 0) is 52.3 Å². The Morgan fingerprint density at radius 2 is 1.95 bits per heavy atom. The zero-order chi connectivity index (χ0) is 13.2. The summed E-state index contributed by atoms with van der Waals surface area (Å²) in [7, 11) is 0. The topological polar surface area (TPSA) is 33.1 Å². The number of benzene rings is 1. The van der Waals surface area contributed by atoms with E-state index in [4.69, 9.17) is 0 Å². The van der Waals surface area contributed by atoms with Crippen LogP contribution in [0.5, 0.6) is 5.75 Å². The molecule has 0 amide bonds. The van der Waals surface area contributed by atoms with Crippen LogP contribution >= 0.6 is 27.3 Å². The first-order valence-electron chi connectivity index (χ1n) is 5.74. The van der Waals surface area contributed by atoms with Crippen LogP contribution in [0.3, 0.4) is 0 Å². The molecule has 2 aromatic heterocycles. The molecule has 1 N–H and O–H groups in total. The Labute approximate surface area is 123 Å². The van der Waals surface area contributed by atoms with Crippen molar-refractivity contribution in [2.75, 3.05) is 0 Å². The Morgan fingerprint density at radius 3 is 2.74 bits per heavy atom. The summed E-state index contributed by atoms with van der Waals surface area (Å²) in [5.41, 5.74) is 1.47. The first-order chi connectivity index (χ1) is 9.22. The van der Waals surface area contributed by atoms with Gasteiger partial charge in [0.15, 0.2) is 0 Å². The first kappa shape index (κ1) is 12.4. The highest BCUT2D eigenvalue weighted by molar-refractivity contribution is 9.11. The molecule has 0 unspecified atom stereocenters. The highest BCUT2D eigenvalue weighted by Crippen LogP contribution is 2.25. The second kappa shape index (κ2) is 5.15. The molecule has 0 aliphatic rings. The normalized spacial score (nSPS) is 11.4. The highest BCUT2D eigenvalue weighted by Gasteiger charge is 2.01. The van der Waals surface area contributed by atoms with E-state index in [2.05, 4.69) is 20.9 Å². The van der Waals surface area contributed by atoms with Gasteiger partial charge in [0.05, 0.1) is 9.48 Å². The smallest absolute Gasteiger partial charge is 0.141 e. The number of nitrogens with zero attached hydrogens (tertiary/aromatic N) is 1. The number of phenols is 1. The number of hydrogen-bond donors (Lipinski definition) is 1. The number of para-hydroxylation sites is 1. The second-order valence-electron chi connectivity index (χ2n) is 4.06. The fourth-order valence-electron chi connectivity index (χ4n) is 1.82. The lowest BCUT2D eigenvalue weighted by molar-refractivity contribution is 0.480. The van der Waals surface area contributed by atoms with Crippen LogP contribution < -0.4 is 0 Å². The summed E-state index contributed by atoms with van der Waals surface area (Å²) in [6.45, 7) is 0. The molecule has 3 rings (SSSR count). The van der Waals surface area contributed by atoms with Gasteiger partial charge in [-0.1, -0.05) is 18.2 Å². The van der Waals surface area contributed by atoms with E-state index in [1.165, 1.54) is 0 Å². The molecule has 0 radical (unpaired) electrons. The number of thiophene rings is 1. The summed E-state index contributed by atoms with van der Waals surface area (Å²) < 4.78 is 1.11. The minimum Gasteiger partial charge on any atom is -0.506 e. The molecule has 94 valence electrons. The monoisotopic (exact) mass is 331 g/mol. The minimum atomic E-state index is 0.214. The van der Waals surface area contributed by atoms with Gasteiger partial charge in [0.2, 0.25) is 0 Å². The minimum absolute atomic E-state index is 0.214.